The van der Waals surface area contributed by atoms with E-state index in [0.717, 1.165) is 0 Å². The second-order valence-electron chi connectivity index (χ2n) is 0.179. The van der Waals surface area contributed by atoms with Gasteiger partial charge in [0.2, 0.25) is 0 Å². The van der Waals surface area contributed by atoms with Crippen LogP contribution >= 0.6 is 0 Å². The first-order chi connectivity index (χ1) is 2.83. The molecular weight excluding hydrogens is 112 g/mol. The van der Waals surface area contributed by atoms with E-state index < -0.39 is 0 Å². The summed E-state index contributed by atoms with van der Waals surface area (Å²) in [4.78, 5) is 3.00. The third-order valence-electron chi connectivity index (χ3n) is 0. The summed E-state index contributed by atoms with van der Waals surface area (Å²) in [6.45, 7) is 0. The Labute approximate surface area is 45.5 Å². The predicted molar refractivity (Wildman–Crippen MR) is 32.1 cm³/mol. The normalized spacial score (nSPS) is 2.00. The molecule has 0 amide bonds. The van der Waals surface area contributed by atoms with Gasteiger partial charge in [-0.2, -0.15) is 0 Å². The summed E-state index contributed by atoms with van der Waals surface area (Å²) >= 11 is 0. The first-order valence-corrected chi connectivity index (χ1v) is 0.800. The van der Waals surface area contributed by atoms with Crippen LogP contribution in [0.25, 0.3) is 31.9 Å². The molecule has 8 N–H and O–H groups in total. The van der Waals surface area contributed by atoms with Crippen molar-refractivity contribution >= 4 is 0 Å². The van der Waals surface area contributed by atoms with Crippen molar-refractivity contribution in [3.8, 4) is 0 Å². The van der Waals surface area contributed by atoms with E-state index in [1.165, 1.54) is 9.82 Å². The standard InChI is InChI=1S/2N3.2H3N/c2*1-3-2;;/h;;2*1H3/q2*-1;;/p+2. The maximum atomic E-state index is 6.75. The minimum atomic E-state index is 0. The molecule has 0 aliphatic heterocycles. The molecule has 0 saturated heterocycles. The Morgan fingerprint density at radius 3 is 0.625 bits per heavy atom. The zero-order valence-electron chi connectivity index (χ0n) is 4.68. The van der Waals surface area contributed by atoms with Gasteiger partial charge in [-0.05, 0) is 0 Å². The van der Waals surface area contributed by atoms with Crippen LogP contribution in [0.5, 0.6) is 0 Å². The highest BCUT2D eigenvalue weighted by molar-refractivity contribution is 4.36. The van der Waals surface area contributed by atoms with E-state index in [4.69, 9.17) is 22.1 Å². The van der Waals surface area contributed by atoms with Crippen molar-refractivity contribution in [1.29, 1.82) is 0 Å². The fourth-order valence-electron chi connectivity index (χ4n) is 0. The molecule has 0 bridgehead atoms. The van der Waals surface area contributed by atoms with E-state index in [9.17, 15) is 0 Å². The average molecular weight is 120 g/mol. The number of nitrogens with zero attached hydrogens (tertiary/aromatic N) is 6. The van der Waals surface area contributed by atoms with Gasteiger partial charge >= 0.3 is 0 Å². The van der Waals surface area contributed by atoms with Crippen LogP contribution < -0.4 is 12.3 Å². The SMILES string of the molecule is [N-]=[N+]=[N-].[N-]=[N+]=[N-].[NH4+].[NH4+]. The molecule has 0 aliphatic rings. The van der Waals surface area contributed by atoms with Gasteiger partial charge in [0.15, 0.2) is 0 Å². The van der Waals surface area contributed by atoms with E-state index in [-0.39, 0.29) is 12.3 Å². The monoisotopic (exact) mass is 120 g/mol. The Balaban J connectivity index is -0.0000000160. The smallest absolute Gasteiger partial charge is 0.255 e. The second-order valence-corrected chi connectivity index (χ2v) is 0.179. The van der Waals surface area contributed by atoms with Gasteiger partial charge in [-0.25, -0.2) is 0 Å². The minimum absolute atomic E-state index is 0. The van der Waals surface area contributed by atoms with Crippen molar-refractivity contribution in [1.82, 2.24) is 12.3 Å². The lowest BCUT2D eigenvalue weighted by Gasteiger charge is -1.32. The van der Waals surface area contributed by atoms with Crippen LogP contribution in [0.1, 0.15) is 0 Å². The Kier molecular flexibility index (Phi) is 1520. The molecule has 0 heterocycles. The van der Waals surface area contributed by atoms with E-state index in [1.54, 1.807) is 0 Å². The summed E-state index contributed by atoms with van der Waals surface area (Å²) in [5.74, 6) is 0. The summed E-state index contributed by atoms with van der Waals surface area (Å²) in [6.07, 6.45) is 0. The van der Waals surface area contributed by atoms with Crippen LogP contribution in [0.15, 0.2) is 0 Å². The van der Waals surface area contributed by atoms with Crippen molar-refractivity contribution in [2.75, 3.05) is 0 Å². The summed E-state index contributed by atoms with van der Waals surface area (Å²) in [7, 11) is 0. The molecule has 0 radical (unpaired) electrons. The fraction of sp³-hybridized carbons (Fsp3) is 0. The Hall–Kier alpha value is -1.46. The molecule has 0 unspecified atom stereocenters. The molecule has 0 aromatic heterocycles. The maximum absolute atomic E-state index is 6.75. The first kappa shape index (κ1) is 31.1. The first-order valence-electron chi connectivity index (χ1n) is 0.800. The van der Waals surface area contributed by atoms with Gasteiger partial charge < -0.3 is 34.4 Å². The number of rotatable bonds is 0. The lowest BCUT2D eigenvalue weighted by Crippen LogP contribution is -0.711. The van der Waals surface area contributed by atoms with Crippen LogP contribution in [-0.2, 0) is 0 Å². The third-order valence-corrected chi connectivity index (χ3v) is 0. The molecule has 48 valence electrons. The Bertz CT molecular complexity index is 54.0. The Morgan fingerprint density at radius 2 is 0.625 bits per heavy atom. The van der Waals surface area contributed by atoms with E-state index in [0.29, 0.717) is 0 Å². The summed E-state index contributed by atoms with van der Waals surface area (Å²) in [5, 5.41) is 0. The van der Waals surface area contributed by atoms with E-state index in [1.807, 2.05) is 0 Å². The summed E-state index contributed by atoms with van der Waals surface area (Å²) in [5.41, 5.74) is 27.0. The highest BCUT2D eigenvalue weighted by Gasteiger charge is 0.691. The summed E-state index contributed by atoms with van der Waals surface area (Å²) < 4.78 is 0. The molecule has 0 fully saturated rings. The molecule has 0 spiro atoms. The van der Waals surface area contributed by atoms with Crippen molar-refractivity contribution in [3.05, 3.63) is 31.9 Å². The third kappa shape index (κ3) is 26.7. The predicted octanol–water partition coefficient (Wildman–Crippen LogP) is 2.48. The molecule has 0 atom stereocenters. The lowest BCUT2D eigenvalue weighted by molar-refractivity contribution is 2.13. The second kappa shape index (κ2) is 392. The van der Waals surface area contributed by atoms with Crippen LogP contribution in [-0.4, -0.2) is 0 Å². The molecule has 8 heavy (non-hydrogen) atoms. The van der Waals surface area contributed by atoms with E-state index >= 15 is 0 Å². The van der Waals surface area contributed by atoms with Gasteiger partial charge in [-0.3, -0.25) is 9.82 Å². The van der Waals surface area contributed by atoms with Crippen molar-refractivity contribution < 1.29 is 0 Å². The molecule has 0 saturated carbocycles. The lowest BCUT2D eigenvalue weighted by atomic mass is 13.0. The molecule has 0 aromatic rings. The van der Waals surface area contributed by atoms with Gasteiger partial charge in [0.05, 0.1) is 0 Å². The number of quaternary nitrogens is 2. The quantitative estimate of drug-likeness (QED) is 0.269. The van der Waals surface area contributed by atoms with Crippen LogP contribution in [0, 0.1) is 0 Å². The van der Waals surface area contributed by atoms with Gasteiger partial charge in [-0.1, -0.05) is 0 Å². The molecule has 0 rings (SSSR count). The van der Waals surface area contributed by atoms with Crippen molar-refractivity contribution in [2.24, 2.45) is 0 Å². The highest BCUT2D eigenvalue weighted by Crippen LogP contribution is 1.29. The molecule has 0 aliphatic carbocycles. The van der Waals surface area contributed by atoms with Gasteiger partial charge in [-0.15, -0.1) is 0 Å². The van der Waals surface area contributed by atoms with Crippen molar-refractivity contribution in [3.63, 3.8) is 0 Å². The number of hydrogen-bond donors (Lipinski definition) is 2. The average Bonchev–Trinajstić information content (AvgIpc) is 1.39. The number of hydrogen-bond acceptors (Lipinski definition) is 0. The molecular formula is H8N8. The van der Waals surface area contributed by atoms with Gasteiger partial charge in [0.25, 0.3) is 0 Å². The zero-order chi connectivity index (χ0) is 5.41. The molecule has 8 nitrogen and oxygen atoms in total. The van der Waals surface area contributed by atoms with Crippen molar-refractivity contribution in [2.45, 2.75) is 0 Å². The highest BCUT2D eigenvalue weighted by atomic mass is 15.0. The van der Waals surface area contributed by atoms with Gasteiger partial charge in [0, 0.05) is 0 Å². The zero-order valence-corrected chi connectivity index (χ0v) is 4.68. The summed E-state index contributed by atoms with van der Waals surface area (Å²) in [6, 6.07) is 0. The molecule has 8 heteroatoms. The van der Waals surface area contributed by atoms with Crippen LogP contribution in [0.3, 0.4) is 0 Å². The fourth-order valence-corrected chi connectivity index (χ4v) is 0. The Morgan fingerprint density at radius 1 is 0.625 bits per heavy atom. The van der Waals surface area contributed by atoms with Crippen LogP contribution in [0.2, 0.25) is 0 Å². The van der Waals surface area contributed by atoms with Crippen LogP contribution in [0.4, 0.5) is 0 Å². The van der Waals surface area contributed by atoms with Gasteiger partial charge in [0.1, 0.15) is 0 Å². The minimum Gasteiger partial charge on any atom is -0.373 e. The maximum Gasteiger partial charge on any atom is -0.255 e. The topological polar surface area (TPSA) is 190 Å². The van der Waals surface area contributed by atoms with E-state index in [2.05, 4.69) is 0 Å². The largest absolute Gasteiger partial charge is 0.373 e. The molecule has 0 aromatic carbocycles.